The number of benzene rings is 1. The van der Waals surface area contributed by atoms with Crippen molar-refractivity contribution in [3.05, 3.63) is 40.8 Å². The lowest BCUT2D eigenvalue weighted by Crippen LogP contribution is -2.41. The average molecular weight is 458 g/mol. The summed E-state index contributed by atoms with van der Waals surface area (Å²) < 4.78 is 17.3. The van der Waals surface area contributed by atoms with Gasteiger partial charge in [0.15, 0.2) is 11.5 Å². The third-order valence-corrected chi connectivity index (χ3v) is 7.41. The molecule has 162 valence electrons. The highest BCUT2D eigenvalue weighted by Crippen LogP contribution is 2.37. The number of thioether (sulfide) groups is 1. The summed E-state index contributed by atoms with van der Waals surface area (Å²) in [5, 5.41) is 11.5. The Kier molecular flexibility index (Phi) is 5.87. The molecule has 2 aliphatic rings. The van der Waals surface area contributed by atoms with Gasteiger partial charge >= 0.3 is 0 Å². The van der Waals surface area contributed by atoms with Crippen LogP contribution in [0.3, 0.4) is 0 Å². The van der Waals surface area contributed by atoms with Crippen molar-refractivity contribution in [3.8, 4) is 22.3 Å². The van der Waals surface area contributed by atoms with Gasteiger partial charge in [0.25, 0.3) is 11.1 Å². The van der Waals surface area contributed by atoms with Crippen LogP contribution in [0.5, 0.6) is 11.5 Å². The quantitative estimate of drug-likeness (QED) is 0.561. The summed E-state index contributed by atoms with van der Waals surface area (Å²) >= 11 is 2.97. The number of ether oxygens (including phenoxy) is 2. The van der Waals surface area contributed by atoms with Gasteiger partial charge in [-0.25, -0.2) is 0 Å². The van der Waals surface area contributed by atoms with Crippen LogP contribution in [0, 0.1) is 5.92 Å². The van der Waals surface area contributed by atoms with Crippen LogP contribution < -0.4 is 14.8 Å². The molecule has 0 saturated heterocycles. The largest absolute Gasteiger partial charge is 0.486 e. The van der Waals surface area contributed by atoms with E-state index in [9.17, 15) is 4.79 Å². The summed E-state index contributed by atoms with van der Waals surface area (Å²) in [6, 6.07) is 9.69. The van der Waals surface area contributed by atoms with E-state index in [0.717, 1.165) is 29.4 Å². The highest BCUT2D eigenvalue weighted by molar-refractivity contribution is 7.99. The lowest BCUT2D eigenvalue weighted by Gasteiger charge is -2.26. The van der Waals surface area contributed by atoms with Crippen LogP contribution >= 0.6 is 23.1 Å². The van der Waals surface area contributed by atoms with Crippen LogP contribution in [-0.4, -0.2) is 41.1 Å². The third-order valence-electron chi connectivity index (χ3n) is 5.37. The van der Waals surface area contributed by atoms with Crippen molar-refractivity contribution in [2.45, 2.75) is 37.5 Å². The zero-order valence-electron chi connectivity index (χ0n) is 17.1. The fourth-order valence-electron chi connectivity index (χ4n) is 3.75. The van der Waals surface area contributed by atoms with Gasteiger partial charge in [-0.2, -0.15) is 0 Å². The molecule has 0 spiro atoms. The van der Waals surface area contributed by atoms with Gasteiger partial charge in [-0.1, -0.05) is 30.8 Å². The smallest absolute Gasteiger partial charge is 0.277 e. The first-order valence-electron chi connectivity index (χ1n) is 10.4. The standard InChI is InChI=1S/C22H23N3O4S2/c1-13-6-7-18-14(8-13)9-19(31-18)21-24-25-22(29-21)30-12-20(26)23-10-15-11-27-16-4-2-3-5-17(16)28-15/h2-5,9,13,15H,6-8,10-12H2,1H3,(H,23,26)/t13-,15-/m1/s1. The van der Waals surface area contributed by atoms with E-state index in [1.165, 1.54) is 28.6 Å². The minimum absolute atomic E-state index is 0.118. The Hall–Kier alpha value is -2.52. The van der Waals surface area contributed by atoms with Crippen LogP contribution in [0.15, 0.2) is 40.0 Å². The molecule has 1 aromatic carbocycles. The summed E-state index contributed by atoms with van der Waals surface area (Å²) in [5.41, 5.74) is 1.40. The minimum atomic E-state index is -0.216. The van der Waals surface area contributed by atoms with Gasteiger partial charge in [0.05, 0.1) is 17.2 Å². The number of aromatic nitrogens is 2. The molecule has 1 aliphatic heterocycles. The number of thiophene rings is 1. The Labute approximate surface area is 188 Å². The number of para-hydroxylation sites is 2. The van der Waals surface area contributed by atoms with E-state index in [-0.39, 0.29) is 17.8 Å². The van der Waals surface area contributed by atoms with E-state index in [1.807, 2.05) is 24.3 Å². The number of carbonyl (C=O) groups excluding carboxylic acids is 1. The number of hydrogen-bond donors (Lipinski definition) is 1. The molecule has 31 heavy (non-hydrogen) atoms. The van der Waals surface area contributed by atoms with Crippen LogP contribution in [0.4, 0.5) is 0 Å². The van der Waals surface area contributed by atoms with Crippen molar-refractivity contribution < 1.29 is 18.7 Å². The molecule has 3 heterocycles. The fraction of sp³-hybridized carbons (Fsp3) is 0.409. The molecule has 0 unspecified atom stereocenters. The first-order valence-corrected chi connectivity index (χ1v) is 12.2. The molecule has 0 radical (unpaired) electrons. The monoisotopic (exact) mass is 457 g/mol. The zero-order chi connectivity index (χ0) is 21.2. The number of amides is 1. The maximum Gasteiger partial charge on any atom is 0.277 e. The Morgan fingerprint density at radius 1 is 1.29 bits per heavy atom. The van der Waals surface area contributed by atoms with E-state index >= 15 is 0 Å². The second-order valence-corrected chi connectivity index (χ2v) is 9.93. The molecule has 0 bridgehead atoms. The van der Waals surface area contributed by atoms with Crippen LogP contribution in [0.1, 0.15) is 23.8 Å². The lowest BCUT2D eigenvalue weighted by molar-refractivity contribution is -0.119. The molecule has 9 heteroatoms. The number of aryl methyl sites for hydroxylation is 1. The van der Waals surface area contributed by atoms with E-state index in [4.69, 9.17) is 13.9 Å². The Balaban J connectivity index is 1.10. The van der Waals surface area contributed by atoms with E-state index in [0.29, 0.717) is 30.0 Å². The first kappa shape index (κ1) is 20.4. The first-order chi connectivity index (χ1) is 15.1. The van der Waals surface area contributed by atoms with E-state index in [1.54, 1.807) is 11.3 Å². The van der Waals surface area contributed by atoms with Gasteiger partial charge in [-0.3, -0.25) is 4.79 Å². The van der Waals surface area contributed by atoms with Gasteiger partial charge < -0.3 is 19.2 Å². The summed E-state index contributed by atoms with van der Waals surface area (Å²) in [7, 11) is 0. The van der Waals surface area contributed by atoms with Gasteiger partial charge in [0.1, 0.15) is 12.7 Å². The van der Waals surface area contributed by atoms with E-state index in [2.05, 4.69) is 28.5 Å². The zero-order valence-corrected chi connectivity index (χ0v) is 18.8. The number of hydrogen-bond acceptors (Lipinski definition) is 8. The number of rotatable bonds is 6. The highest BCUT2D eigenvalue weighted by atomic mass is 32.2. The average Bonchev–Trinajstić information content (AvgIpc) is 3.42. The van der Waals surface area contributed by atoms with Crippen LogP contribution in [0.25, 0.3) is 10.8 Å². The summed E-state index contributed by atoms with van der Waals surface area (Å²) in [4.78, 5) is 14.7. The fourth-order valence-corrected chi connectivity index (χ4v) is 5.47. The maximum atomic E-state index is 12.2. The Morgan fingerprint density at radius 2 is 2.16 bits per heavy atom. The van der Waals surface area contributed by atoms with Crippen molar-refractivity contribution in [2.24, 2.45) is 5.92 Å². The van der Waals surface area contributed by atoms with Gasteiger partial charge in [-0.15, -0.1) is 21.5 Å². The Morgan fingerprint density at radius 3 is 3.06 bits per heavy atom. The molecule has 3 aromatic rings. The number of nitrogens with one attached hydrogen (secondary N) is 1. The second kappa shape index (κ2) is 8.92. The third kappa shape index (κ3) is 4.72. The molecule has 7 nitrogen and oxygen atoms in total. The molecule has 1 N–H and O–H groups in total. The van der Waals surface area contributed by atoms with Gasteiger partial charge in [-0.05, 0) is 48.9 Å². The Bertz CT molecular complexity index is 1080. The highest BCUT2D eigenvalue weighted by Gasteiger charge is 2.22. The maximum absolute atomic E-state index is 12.2. The molecule has 5 rings (SSSR count). The number of nitrogens with zero attached hydrogens (tertiary/aromatic N) is 2. The topological polar surface area (TPSA) is 86.5 Å². The van der Waals surface area contributed by atoms with Gasteiger partial charge in [0, 0.05) is 4.88 Å². The predicted molar refractivity (Wildman–Crippen MR) is 119 cm³/mol. The van der Waals surface area contributed by atoms with Crippen LogP contribution in [-0.2, 0) is 17.6 Å². The SMILES string of the molecule is C[C@@H]1CCc2sc(-c3nnc(SCC(=O)NC[C@@H]4COc5ccccc5O4)o3)cc2C1. The minimum Gasteiger partial charge on any atom is -0.486 e. The normalized spacial score (nSPS) is 19.6. The van der Waals surface area contributed by atoms with E-state index < -0.39 is 0 Å². The molecular weight excluding hydrogens is 434 g/mol. The molecule has 1 amide bonds. The molecule has 0 fully saturated rings. The second-order valence-electron chi connectivity index (χ2n) is 7.87. The molecule has 2 aromatic heterocycles. The lowest BCUT2D eigenvalue weighted by atomic mass is 9.90. The van der Waals surface area contributed by atoms with Crippen molar-refractivity contribution in [1.29, 1.82) is 0 Å². The van der Waals surface area contributed by atoms with Crippen molar-refractivity contribution >= 4 is 29.0 Å². The molecule has 2 atom stereocenters. The van der Waals surface area contributed by atoms with Crippen molar-refractivity contribution in [2.75, 3.05) is 18.9 Å². The summed E-state index contributed by atoms with van der Waals surface area (Å²) in [6.45, 7) is 3.07. The summed E-state index contributed by atoms with van der Waals surface area (Å²) in [5.74, 6) is 2.76. The molecular formula is C22H23N3O4S2. The molecule has 0 saturated carbocycles. The number of carbonyl (C=O) groups is 1. The molecule has 1 aliphatic carbocycles. The van der Waals surface area contributed by atoms with Crippen LogP contribution in [0.2, 0.25) is 0 Å². The van der Waals surface area contributed by atoms with Gasteiger partial charge in [0.2, 0.25) is 5.91 Å². The number of fused-ring (bicyclic) bond motifs is 2. The van der Waals surface area contributed by atoms with Crippen molar-refractivity contribution in [1.82, 2.24) is 15.5 Å². The predicted octanol–water partition coefficient (Wildman–Crippen LogP) is 3.97. The summed E-state index contributed by atoms with van der Waals surface area (Å²) in [6.07, 6.45) is 3.25. The van der Waals surface area contributed by atoms with Crippen molar-refractivity contribution in [3.63, 3.8) is 0 Å².